The summed E-state index contributed by atoms with van der Waals surface area (Å²) in [6.07, 6.45) is 0.576. The van der Waals surface area contributed by atoms with Crippen LogP contribution in [0.25, 0.3) is 0 Å². The zero-order chi connectivity index (χ0) is 10.6. The number of nitrogens with zero attached hydrogens (tertiary/aromatic N) is 1. The van der Waals surface area contributed by atoms with Gasteiger partial charge in [-0.15, -0.1) is 0 Å². The number of carboxylic acids is 1. The number of nitriles is 1. The molecule has 72 valence electrons. The van der Waals surface area contributed by atoms with E-state index < -0.39 is 5.97 Å². The molecule has 1 rings (SSSR count). The summed E-state index contributed by atoms with van der Waals surface area (Å²) in [6.45, 7) is 0. The molecule has 1 aromatic rings. The molecule has 0 unspecified atom stereocenters. The van der Waals surface area contributed by atoms with Gasteiger partial charge in [0.25, 0.3) is 0 Å². The maximum absolute atomic E-state index is 10.3. The number of carbonyl (C=O) groups is 1. The second-order valence-corrected chi connectivity index (χ2v) is 3.98. The van der Waals surface area contributed by atoms with Crippen molar-refractivity contribution in [1.82, 2.24) is 0 Å². The Labute approximate surface area is 95.5 Å². The van der Waals surface area contributed by atoms with Gasteiger partial charge in [0.15, 0.2) is 0 Å². The van der Waals surface area contributed by atoms with Gasteiger partial charge < -0.3 is 5.11 Å². The number of aliphatic carboxylic acids is 1. The zero-order valence-electron chi connectivity index (χ0n) is 7.33. The minimum absolute atomic E-state index is 0.103. The molecule has 1 N–H and O–H groups in total. The summed E-state index contributed by atoms with van der Waals surface area (Å²) < 4.78 is 0.893. The average Bonchev–Trinajstić information content (AvgIpc) is 2.16. The van der Waals surface area contributed by atoms with Crippen LogP contribution in [-0.2, 0) is 11.2 Å². The number of halogens is 1. The van der Waals surface area contributed by atoms with E-state index in [2.05, 4.69) is 28.7 Å². The Bertz CT molecular complexity index is 396. The van der Waals surface area contributed by atoms with Crippen LogP contribution in [0.2, 0.25) is 0 Å². The standard InChI is InChI=1S/C10H8INO2/c11-9-3-1-7(2-4-10(13)14)5-8(9)6-12/h1,3,5H,2,4H2,(H,13,14). The van der Waals surface area contributed by atoms with Gasteiger partial charge in [-0.1, -0.05) is 6.07 Å². The minimum Gasteiger partial charge on any atom is -0.481 e. The summed E-state index contributed by atoms with van der Waals surface area (Å²) in [5.74, 6) is -0.818. The molecule has 3 nitrogen and oxygen atoms in total. The summed E-state index contributed by atoms with van der Waals surface area (Å²) in [7, 11) is 0. The van der Waals surface area contributed by atoms with E-state index >= 15 is 0 Å². The first-order chi connectivity index (χ1) is 6.63. The molecule has 0 saturated heterocycles. The number of hydrogen-bond donors (Lipinski definition) is 1. The monoisotopic (exact) mass is 301 g/mol. The summed E-state index contributed by atoms with van der Waals surface area (Å²) in [4.78, 5) is 10.3. The highest BCUT2D eigenvalue weighted by Gasteiger charge is 2.02. The SMILES string of the molecule is N#Cc1cc(CCC(=O)O)ccc1I. The maximum Gasteiger partial charge on any atom is 0.303 e. The highest BCUT2D eigenvalue weighted by Crippen LogP contribution is 2.14. The Kier molecular flexibility index (Phi) is 3.89. The summed E-state index contributed by atoms with van der Waals surface area (Å²) in [5.41, 5.74) is 1.50. The van der Waals surface area contributed by atoms with Crippen LogP contribution in [0.15, 0.2) is 18.2 Å². The lowest BCUT2D eigenvalue weighted by Gasteiger charge is -2.00. The molecule has 0 fully saturated rings. The highest BCUT2D eigenvalue weighted by atomic mass is 127. The smallest absolute Gasteiger partial charge is 0.303 e. The molecule has 0 heterocycles. The van der Waals surface area contributed by atoms with Crippen molar-refractivity contribution in [3.8, 4) is 6.07 Å². The van der Waals surface area contributed by atoms with Crippen molar-refractivity contribution in [2.75, 3.05) is 0 Å². The number of rotatable bonds is 3. The van der Waals surface area contributed by atoms with Gasteiger partial charge in [-0.2, -0.15) is 5.26 Å². The van der Waals surface area contributed by atoms with Crippen LogP contribution in [0.4, 0.5) is 0 Å². The molecule has 0 aliphatic heterocycles. The third-order valence-corrected chi connectivity index (χ3v) is 2.72. The number of aryl methyl sites for hydroxylation is 1. The van der Waals surface area contributed by atoms with Gasteiger partial charge in [-0.3, -0.25) is 4.79 Å². The molecule has 0 aromatic heterocycles. The zero-order valence-corrected chi connectivity index (χ0v) is 9.48. The van der Waals surface area contributed by atoms with Crippen LogP contribution in [0.5, 0.6) is 0 Å². The molecule has 0 atom stereocenters. The van der Waals surface area contributed by atoms with E-state index in [4.69, 9.17) is 10.4 Å². The summed E-state index contributed by atoms with van der Waals surface area (Å²) in [6, 6.07) is 7.49. The van der Waals surface area contributed by atoms with Crippen LogP contribution < -0.4 is 0 Å². The summed E-state index contributed by atoms with van der Waals surface area (Å²) in [5, 5.41) is 17.2. The van der Waals surface area contributed by atoms with Gasteiger partial charge in [0.2, 0.25) is 0 Å². The Balaban J connectivity index is 2.80. The molecule has 0 radical (unpaired) electrons. The predicted octanol–water partition coefficient (Wildman–Crippen LogP) is 2.18. The third-order valence-electron chi connectivity index (χ3n) is 1.78. The van der Waals surface area contributed by atoms with Crippen molar-refractivity contribution in [2.24, 2.45) is 0 Å². The lowest BCUT2D eigenvalue weighted by atomic mass is 10.1. The second kappa shape index (κ2) is 4.96. The molecule has 0 spiro atoms. The van der Waals surface area contributed by atoms with Gasteiger partial charge >= 0.3 is 5.97 Å². The first-order valence-electron chi connectivity index (χ1n) is 4.04. The topological polar surface area (TPSA) is 61.1 Å². The van der Waals surface area contributed by atoms with Crippen molar-refractivity contribution in [3.05, 3.63) is 32.9 Å². The van der Waals surface area contributed by atoms with Crippen LogP contribution in [0.3, 0.4) is 0 Å². The Hall–Kier alpha value is -1.09. The average molecular weight is 301 g/mol. The molecular weight excluding hydrogens is 293 g/mol. The Morgan fingerprint density at radius 1 is 1.57 bits per heavy atom. The number of carboxylic acid groups (broad SMARTS) is 1. The highest BCUT2D eigenvalue weighted by molar-refractivity contribution is 14.1. The van der Waals surface area contributed by atoms with Crippen molar-refractivity contribution in [2.45, 2.75) is 12.8 Å². The number of benzene rings is 1. The van der Waals surface area contributed by atoms with E-state index in [0.717, 1.165) is 9.13 Å². The van der Waals surface area contributed by atoms with Crippen LogP contribution in [0.1, 0.15) is 17.5 Å². The molecule has 1 aromatic carbocycles. The molecule has 0 saturated carbocycles. The fraction of sp³-hybridized carbons (Fsp3) is 0.200. The molecule has 0 aliphatic carbocycles. The van der Waals surface area contributed by atoms with Crippen molar-refractivity contribution in [1.29, 1.82) is 5.26 Å². The van der Waals surface area contributed by atoms with Gasteiger partial charge in [0.05, 0.1) is 5.56 Å². The fourth-order valence-corrected chi connectivity index (χ4v) is 1.52. The van der Waals surface area contributed by atoms with Crippen LogP contribution in [-0.4, -0.2) is 11.1 Å². The van der Waals surface area contributed by atoms with Gasteiger partial charge in [0.1, 0.15) is 6.07 Å². The maximum atomic E-state index is 10.3. The Morgan fingerprint density at radius 2 is 2.29 bits per heavy atom. The quantitative estimate of drug-likeness (QED) is 0.870. The van der Waals surface area contributed by atoms with Gasteiger partial charge in [-0.05, 0) is 46.7 Å². The Morgan fingerprint density at radius 3 is 2.86 bits per heavy atom. The van der Waals surface area contributed by atoms with Gasteiger partial charge in [-0.25, -0.2) is 0 Å². The van der Waals surface area contributed by atoms with E-state index in [1.165, 1.54) is 0 Å². The first-order valence-corrected chi connectivity index (χ1v) is 5.11. The van der Waals surface area contributed by atoms with E-state index in [-0.39, 0.29) is 6.42 Å². The molecular formula is C10H8INO2. The predicted molar refractivity (Wildman–Crippen MR) is 59.8 cm³/mol. The molecule has 0 aliphatic rings. The van der Waals surface area contributed by atoms with Crippen LogP contribution in [0, 0.1) is 14.9 Å². The van der Waals surface area contributed by atoms with Crippen molar-refractivity contribution in [3.63, 3.8) is 0 Å². The van der Waals surface area contributed by atoms with E-state index in [1.807, 2.05) is 12.1 Å². The molecule has 0 amide bonds. The largest absolute Gasteiger partial charge is 0.481 e. The number of hydrogen-bond acceptors (Lipinski definition) is 2. The second-order valence-electron chi connectivity index (χ2n) is 2.82. The van der Waals surface area contributed by atoms with Crippen molar-refractivity contribution >= 4 is 28.6 Å². The molecule has 0 bridgehead atoms. The summed E-state index contributed by atoms with van der Waals surface area (Å²) >= 11 is 2.08. The lowest BCUT2D eigenvalue weighted by molar-refractivity contribution is -0.136. The minimum atomic E-state index is -0.818. The normalized spacial score (nSPS) is 9.43. The van der Waals surface area contributed by atoms with Gasteiger partial charge in [0, 0.05) is 9.99 Å². The third kappa shape index (κ3) is 3.00. The van der Waals surface area contributed by atoms with E-state index in [1.54, 1.807) is 6.07 Å². The van der Waals surface area contributed by atoms with Crippen molar-refractivity contribution < 1.29 is 9.90 Å². The van der Waals surface area contributed by atoms with E-state index in [9.17, 15) is 4.79 Å². The lowest BCUT2D eigenvalue weighted by Crippen LogP contribution is -1.98. The van der Waals surface area contributed by atoms with E-state index in [0.29, 0.717) is 12.0 Å². The van der Waals surface area contributed by atoms with Crippen LogP contribution >= 0.6 is 22.6 Å². The molecule has 4 heteroatoms. The fourth-order valence-electron chi connectivity index (χ4n) is 1.06. The first kappa shape index (κ1) is 11.0. The molecule has 14 heavy (non-hydrogen) atoms.